The lowest BCUT2D eigenvalue weighted by Crippen LogP contribution is -2.46. The van der Waals surface area contributed by atoms with Crippen molar-refractivity contribution in [1.82, 2.24) is 9.88 Å². The number of amides is 1. The lowest BCUT2D eigenvalue weighted by molar-refractivity contribution is 0.00710. The number of ether oxygens (including phenoxy) is 2. The molecule has 6 heteroatoms. The van der Waals surface area contributed by atoms with Crippen molar-refractivity contribution in [1.29, 1.82) is 0 Å². The van der Waals surface area contributed by atoms with Gasteiger partial charge in [-0.25, -0.2) is 4.79 Å². The average molecular weight is 355 g/mol. The van der Waals surface area contributed by atoms with E-state index in [9.17, 15) is 4.79 Å². The van der Waals surface area contributed by atoms with E-state index in [1.54, 1.807) is 17.3 Å². The standard InChI is InChI=1S/C15H19BrN2O3/c1-14(2,3)21-13(19)18-8-10-6-17-7-11(16)12(10)20-9-15(18)4-5-15/h6-7H,4-5,8-9H2,1-3H3. The third kappa shape index (κ3) is 2.86. The lowest BCUT2D eigenvalue weighted by atomic mass is 10.2. The molecule has 0 unspecified atom stereocenters. The molecule has 0 saturated heterocycles. The number of halogens is 1. The first-order valence-corrected chi connectivity index (χ1v) is 7.86. The van der Waals surface area contributed by atoms with Crippen molar-refractivity contribution in [2.45, 2.75) is 51.3 Å². The second kappa shape index (κ2) is 4.87. The van der Waals surface area contributed by atoms with Crippen molar-refractivity contribution in [2.24, 2.45) is 0 Å². The molecular weight excluding hydrogens is 336 g/mol. The SMILES string of the molecule is CC(C)(C)OC(=O)N1Cc2cncc(Br)c2OCC12CC2. The van der Waals surface area contributed by atoms with Gasteiger partial charge in [0.05, 0.1) is 16.6 Å². The van der Waals surface area contributed by atoms with Gasteiger partial charge in [-0.05, 0) is 49.5 Å². The highest BCUT2D eigenvalue weighted by Crippen LogP contribution is 2.47. The summed E-state index contributed by atoms with van der Waals surface area (Å²) in [6.07, 6.45) is 5.08. The van der Waals surface area contributed by atoms with Gasteiger partial charge in [-0.1, -0.05) is 0 Å². The molecule has 0 radical (unpaired) electrons. The summed E-state index contributed by atoms with van der Waals surface area (Å²) in [4.78, 5) is 18.5. The molecule has 0 N–H and O–H groups in total. The molecule has 3 rings (SSSR count). The molecule has 1 aliphatic heterocycles. The van der Waals surface area contributed by atoms with Crippen molar-refractivity contribution in [2.75, 3.05) is 6.61 Å². The number of carbonyl (C=O) groups excluding carboxylic acids is 1. The minimum atomic E-state index is -0.501. The third-order valence-electron chi connectivity index (χ3n) is 3.75. The molecular formula is C15H19BrN2O3. The smallest absolute Gasteiger partial charge is 0.411 e. The summed E-state index contributed by atoms with van der Waals surface area (Å²) >= 11 is 3.46. The second-order valence-corrected chi connectivity index (χ2v) is 7.54. The first-order valence-electron chi connectivity index (χ1n) is 7.07. The van der Waals surface area contributed by atoms with Crippen molar-refractivity contribution in [3.8, 4) is 5.75 Å². The summed E-state index contributed by atoms with van der Waals surface area (Å²) in [6, 6.07) is 0. The number of hydrogen-bond donors (Lipinski definition) is 0. The van der Waals surface area contributed by atoms with E-state index >= 15 is 0 Å². The monoisotopic (exact) mass is 354 g/mol. The molecule has 1 saturated carbocycles. The van der Waals surface area contributed by atoms with Gasteiger partial charge in [-0.3, -0.25) is 9.88 Å². The van der Waals surface area contributed by atoms with Crippen LogP contribution in [0.15, 0.2) is 16.9 Å². The Balaban J connectivity index is 1.90. The first-order chi connectivity index (χ1) is 9.81. The van der Waals surface area contributed by atoms with Crippen LogP contribution in [0.4, 0.5) is 4.79 Å². The Morgan fingerprint density at radius 2 is 2.14 bits per heavy atom. The van der Waals surface area contributed by atoms with E-state index in [1.165, 1.54) is 0 Å². The van der Waals surface area contributed by atoms with E-state index in [-0.39, 0.29) is 11.6 Å². The number of pyridine rings is 1. The van der Waals surface area contributed by atoms with Crippen LogP contribution >= 0.6 is 15.9 Å². The molecule has 114 valence electrons. The molecule has 2 aliphatic rings. The molecule has 0 atom stereocenters. The first kappa shape index (κ1) is 14.6. The van der Waals surface area contributed by atoms with Crippen molar-refractivity contribution in [3.63, 3.8) is 0 Å². The Hall–Kier alpha value is -1.30. The van der Waals surface area contributed by atoms with E-state index < -0.39 is 5.60 Å². The number of fused-ring (bicyclic) bond motifs is 1. The minimum Gasteiger partial charge on any atom is -0.489 e. The molecule has 1 aliphatic carbocycles. The fraction of sp³-hybridized carbons (Fsp3) is 0.600. The van der Waals surface area contributed by atoms with Crippen LogP contribution in [0.2, 0.25) is 0 Å². The lowest BCUT2D eigenvalue weighted by Gasteiger charge is -2.31. The summed E-state index contributed by atoms with van der Waals surface area (Å²) in [6.45, 7) is 6.61. The normalized spacial score (nSPS) is 19.5. The topological polar surface area (TPSA) is 51.7 Å². The Labute approximate surface area is 132 Å². The van der Waals surface area contributed by atoms with Crippen LogP contribution in [0.25, 0.3) is 0 Å². The highest BCUT2D eigenvalue weighted by molar-refractivity contribution is 9.10. The van der Waals surface area contributed by atoms with Gasteiger partial charge in [0, 0.05) is 18.0 Å². The average Bonchev–Trinajstić information content (AvgIpc) is 3.15. The second-order valence-electron chi connectivity index (χ2n) is 6.69. The molecule has 1 aromatic rings. The van der Waals surface area contributed by atoms with Crippen LogP contribution in [-0.2, 0) is 11.3 Å². The zero-order chi connectivity index (χ0) is 15.3. The Morgan fingerprint density at radius 1 is 1.43 bits per heavy atom. The molecule has 2 heterocycles. The van der Waals surface area contributed by atoms with Gasteiger partial charge >= 0.3 is 6.09 Å². The van der Waals surface area contributed by atoms with E-state index in [4.69, 9.17) is 9.47 Å². The molecule has 1 fully saturated rings. The molecule has 1 amide bonds. The predicted octanol–water partition coefficient (Wildman–Crippen LogP) is 3.51. The van der Waals surface area contributed by atoms with Crippen LogP contribution in [0.1, 0.15) is 39.2 Å². The summed E-state index contributed by atoms with van der Waals surface area (Å²) in [5.41, 5.74) is 0.179. The molecule has 5 nitrogen and oxygen atoms in total. The van der Waals surface area contributed by atoms with Gasteiger partial charge in [0.25, 0.3) is 0 Å². The van der Waals surface area contributed by atoms with Crippen molar-refractivity contribution < 1.29 is 14.3 Å². The van der Waals surface area contributed by atoms with E-state index in [0.29, 0.717) is 13.2 Å². The third-order valence-corrected chi connectivity index (χ3v) is 4.32. The van der Waals surface area contributed by atoms with Gasteiger partial charge in [-0.15, -0.1) is 0 Å². The maximum absolute atomic E-state index is 12.5. The maximum Gasteiger partial charge on any atom is 0.411 e. The maximum atomic E-state index is 12.5. The summed E-state index contributed by atoms with van der Waals surface area (Å²) in [7, 11) is 0. The van der Waals surface area contributed by atoms with Gasteiger partial charge in [0.1, 0.15) is 18.0 Å². The zero-order valence-corrected chi connectivity index (χ0v) is 14.1. The Kier molecular flexibility index (Phi) is 3.39. The van der Waals surface area contributed by atoms with Crippen LogP contribution in [-0.4, -0.2) is 33.7 Å². The minimum absolute atomic E-state index is 0.221. The summed E-state index contributed by atoms with van der Waals surface area (Å²) < 4.78 is 12.3. The van der Waals surface area contributed by atoms with Gasteiger partial charge in [0.15, 0.2) is 0 Å². The molecule has 21 heavy (non-hydrogen) atoms. The number of carbonyl (C=O) groups is 1. The fourth-order valence-electron chi connectivity index (χ4n) is 2.49. The van der Waals surface area contributed by atoms with E-state index in [0.717, 1.165) is 28.6 Å². The molecule has 1 aromatic heterocycles. The zero-order valence-electron chi connectivity index (χ0n) is 12.5. The van der Waals surface area contributed by atoms with Gasteiger partial charge in [0.2, 0.25) is 0 Å². The molecule has 0 bridgehead atoms. The Morgan fingerprint density at radius 3 is 2.76 bits per heavy atom. The number of aromatic nitrogens is 1. The highest BCUT2D eigenvalue weighted by Gasteiger charge is 2.53. The van der Waals surface area contributed by atoms with Crippen molar-refractivity contribution in [3.05, 3.63) is 22.4 Å². The van der Waals surface area contributed by atoms with Gasteiger partial charge in [-0.2, -0.15) is 0 Å². The molecule has 0 aromatic carbocycles. The molecule has 1 spiro atoms. The van der Waals surface area contributed by atoms with Gasteiger partial charge < -0.3 is 9.47 Å². The van der Waals surface area contributed by atoms with E-state index in [1.807, 2.05) is 20.8 Å². The largest absolute Gasteiger partial charge is 0.489 e. The number of rotatable bonds is 0. The summed E-state index contributed by atoms with van der Waals surface area (Å²) in [5.74, 6) is 0.780. The predicted molar refractivity (Wildman–Crippen MR) is 81.2 cm³/mol. The van der Waals surface area contributed by atoms with Crippen LogP contribution in [0, 0.1) is 0 Å². The van der Waals surface area contributed by atoms with Crippen LogP contribution < -0.4 is 4.74 Å². The highest BCUT2D eigenvalue weighted by atomic mass is 79.9. The summed E-state index contributed by atoms with van der Waals surface area (Å²) in [5, 5.41) is 0. The van der Waals surface area contributed by atoms with E-state index in [2.05, 4.69) is 20.9 Å². The fourth-order valence-corrected chi connectivity index (χ4v) is 2.98. The number of hydrogen-bond acceptors (Lipinski definition) is 4. The van der Waals surface area contributed by atoms with Crippen LogP contribution in [0.3, 0.4) is 0 Å². The van der Waals surface area contributed by atoms with Crippen LogP contribution in [0.5, 0.6) is 5.75 Å². The quantitative estimate of drug-likeness (QED) is 0.715. The Bertz CT molecular complexity index is 579. The number of nitrogens with zero attached hydrogens (tertiary/aromatic N) is 2. The van der Waals surface area contributed by atoms with Crippen molar-refractivity contribution >= 4 is 22.0 Å².